The Labute approximate surface area is 368 Å². The van der Waals surface area contributed by atoms with Crippen LogP contribution >= 0.6 is 0 Å². The van der Waals surface area contributed by atoms with Crippen molar-refractivity contribution in [1.29, 1.82) is 0 Å². The van der Waals surface area contributed by atoms with Gasteiger partial charge in [-0.25, -0.2) is 9.59 Å². The molecule has 19 nitrogen and oxygen atoms in total. The van der Waals surface area contributed by atoms with Crippen LogP contribution in [-0.4, -0.2) is 160 Å². The second kappa shape index (κ2) is 24.6. The lowest BCUT2D eigenvalue weighted by atomic mass is 9.84. The molecule has 0 unspecified atom stereocenters. The summed E-state index contributed by atoms with van der Waals surface area (Å²) < 4.78 is 5.06. The second-order valence-corrected chi connectivity index (χ2v) is 16.6. The summed E-state index contributed by atoms with van der Waals surface area (Å²) in [4.78, 5) is 123. The smallest absolute Gasteiger partial charge is 0.408 e. The number of nitrogens with one attached hydrogen (secondary N) is 3. The van der Waals surface area contributed by atoms with Crippen molar-refractivity contribution in [3.05, 3.63) is 48.6 Å². The molecule has 1 heterocycles. The topological polar surface area (TPSA) is 252 Å². The number of carbonyl (C=O) groups is 9. The maximum atomic E-state index is 14.2. The monoisotopic (exact) mass is 883 g/mol. The zero-order valence-corrected chi connectivity index (χ0v) is 37.2. The number of likely N-dealkylation sites (N-methyl/N-ethyl adjacent to an activating group) is 3. The van der Waals surface area contributed by atoms with Crippen LogP contribution in [0.3, 0.4) is 0 Å². The lowest BCUT2D eigenvalue weighted by Crippen LogP contribution is -2.65. The number of rotatable bonds is 23. The molecule has 2 fully saturated rings. The largest absolute Gasteiger partial charge is 0.481 e. The van der Waals surface area contributed by atoms with Crippen LogP contribution in [-0.2, 0) is 49.5 Å². The third kappa shape index (κ3) is 14.8. The minimum absolute atomic E-state index is 0.0801. The van der Waals surface area contributed by atoms with Gasteiger partial charge in [0.1, 0.15) is 42.9 Å². The zero-order chi connectivity index (χ0) is 47.0. The first kappa shape index (κ1) is 51.3. The van der Waals surface area contributed by atoms with Gasteiger partial charge in [0.2, 0.25) is 35.4 Å². The van der Waals surface area contributed by atoms with Gasteiger partial charge in [0.05, 0.1) is 13.0 Å². The van der Waals surface area contributed by atoms with Crippen molar-refractivity contribution in [3.63, 3.8) is 0 Å². The SMILES string of the molecule is C=CCOC(=O)N[C@@H](Cc1ccccc1)C(=O)N[C@H](C(=O)N(C)[C@@H](C)C(=O)N1CC[C@H]1C(=O)N(C)[C@@H](CC1CCCCC1)C(=O)N(C)CC(=O)N[C@@H](CC(=O)O)C(=O)O)[C@@H](C)CC. The first-order valence-corrected chi connectivity index (χ1v) is 21.5. The Kier molecular flexibility index (Phi) is 20.0. The van der Waals surface area contributed by atoms with E-state index in [1.807, 2.05) is 13.0 Å². The minimum Gasteiger partial charge on any atom is -0.481 e. The normalized spacial score (nSPS) is 17.7. The van der Waals surface area contributed by atoms with Crippen LogP contribution in [0, 0.1) is 11.8 Å². The number of alkyl carbamates (subject to hydrolysis) is 1. The average Bonchev–Trinajstić information content (AvgIpc) is 3.24. The number of nitrogens with zero attached hydrogens (tertiary/aromatic N) is 4. The maximum Gasteiger partial charge on any atom is 0.408 e. The molecule has 348 valence electrons. The highest BCUT2D eigenvalue weighted by Gasteiger charge is 2.45. The molecule has 0 aromatic heterocycles. The highest BCUT2D eigenvalue weighted by Crippen LogP contribution is 2.30. The fraction of sp³-hybridized carbons (Fsp3) is 0.614. The summed E-state index contributed by atoms with van der Waals surface area (Å²) in [6, 6.07) is 2.01. The van der Waals surface area contributed by atoms with Crippen LogP contribution in [0.1, 0.15) is 84.1 Å². The van der Waals surface area contributed by atoms with E-state index in [0.29, 0.717) is 19.3 Å². The Morgan fingerprint density at radius 2 is 1.52 bits per heavy atom. The standard InChI is InChI=1S/C44H65N7O12/c1-8-22-63-44(62)46-31(23-29-16-12-10-13-17-29)38(55)47-37(27(3)9-2)42(59)49(6)28(4)39(56)51-21-20-33(51)41(58)50(7)34(24-30-18-14-11-15-19-30)40(57)48(5)26-35(52)45-32(43(60)61)25-36(53)54/h8,10,12-13,16-17,27-28,30-34,37H,1,9,11,14-15,18-26H2,2-7H3,(H,45,52)(H,46,62)(H,47,55)(H,53,54)(H,60,61)/t27-,28-,31-,32-,33-,34-,37-/m0/s1. The van der Waals surface area contributed by atoms with Gasteiger partial charge in [0, 0.05) is 34.1 Å². The van der Waals surface area contributed by atoms with Gasteiger partial charge in [-0.15, -0.1) is 0 Å². The molecule has 7 atom stereocenters. The number of carboxylic acids is 2. The van der Waals surface area contributed by atoms with E-state index in [1.54, 1.807) is 31.2 Å². The molecule has 1 saturated heterocycles. The van der Waals surface area contributed by atoms with Gasteiger partial charge in [0.15, 0.2) is 0 Å². The summed E-state index contributed by atoms with van der Waals surface area (Å²) >= 11 is 0. The predicted molar refractivity (Wildman–Crippen MR) is 230 cm³/mol. The van der Waals surface area contributed by atoms with E-state index >= 15 is 0 Å². The van der Waals surface area contributed by atoms with Crippen LogP contribution < -0.4 is 16.0 Å². The molecular formula is C44H65N7O12. The molecule has 1 aromatic rings. The van der Waals surface area contributed by atoms with Crippen LogP contribution in [0.4, 0.5) is 4.79 Å². The highest BCUT2D eigenvalue weighted by atomic mass is 16.5. The Bertz CT molecular complexity index is 1810. The summed E-state index contributed by atoms with van der Waals surface area (Å²) in [6.07, 6.45) is 5.46. The predicted octanol–water partition coefficient (Wildman–Crippen LogP) is 1.79. The number of hydrogen-bond acceptors (Lipinski definition) is 10. The van der Waals surface area contributed by atoms with Crippen molar-refractivity contribution < 1.29 is 58.1 Å². The van der Waals surface area contributed by atoms with E-state index in [-0.39, 0.29) is 25.5 Å². The Morgan fingerprint density at radius 3 is 2.08 bits per heavy atom. The summed E-state index contributed by atoms with van der Waals surface area (Å²) in [5.74, 6) is -6.98. The van der Waals surface area contributed by atoms with Crippen LogP contribution in [0.15, 0.2) is 43.0 Å². The fourth-order valence-corrected chi connectivity index (χ4v) is 7.75. The zero-order valence-electron chi connectivity index (χ0n) is 37.2. The van der Waals surface area contributed by atoms with Gasteiger partial charge in [-0.1, -0.05) is 95.4 Å². The second-order valence-electron chi connectivity index (χ2n) is 16.6. The molecule has 1 aromatic carbocycles. The Balaban J connectivity index is 1.77. The van der Waals surface area contributed by atoms with Gasteiger partial charge in [0.25, 0.3) is 0 Å². The van der Waals surface area contributed by atoms with E-state index in [1.165, 1.54) is 48.8 Å². The van der Waals surface area contributed by atoms with Crippen LogP contribution in [0.5, 0.6) is 0 Å². The van der Waals surface area contributed by atoms with E-state index in [2.05, 4.69) is 22.5 Å². The molecule has 1 aliphatic carbocycles. The number of benzene rings is 1. The van der Waals surface area contributed by atoms with Gasteiger partial charge in [-0.05, 0) is 37.2 Å². The molecular weight excluding hydrogens is 819 g/mol. The van der Waals surface area contributed by atoms with E-state index in [4.69, 9.17) is 9.84 Å². The Hall–Kier alpha value is -6.01. The Morgan fingerprint density at radius 1 is 0.873 bits per heavy atom. The molecule has 63 heavy (non-hydrogen) atoms. The van der Waals surface area contributed by atoms with E-state index in [0.717, 1.165) is 42.6 Å². The molecule has 1 aliphatic heterocycles. The number of carboxylic acid groups (broad SMARTS) is 2. The van der Waals surface area contributed by atoms with Gasteiger partial charge < -0.3 is 50.5 Å². The molecule has 2 aliphatic rings. The number of ether oxygens (including phenoxy) is 1. The molecule has 7 amide bonds. The third-order valence-electron chi connectivity index (χ3n) is 12.0. The van der Waals surface area contributed by atoms with Crippen LogP contribution in [0.2, 0.25) is 0 Å². The van der Waals surface area contributed by atoms with Gasteiger partial charge in [-0.2, -0.15) is 0 Å². The third-order valence-corrected chi connectivity index (χ3v) is 12.0. The first-order chi connectivity index (χ1) is 29.8. The molecule has 0 radical (unpaired) electrons. The fourth-order valence-electron chi connectivity index (χ4n) is 7.75. The summed E-state index contributed by atoms with van der Waals surface area (Å²) in [7, 11) is 4.24. The molecule has 19 heteroatoms. The summed E-state index contributed by atoms with van der Waals surface area (Å²) in [6.45, 7) is 8.21. The van der Waals surface area contributed by atoms with Gasteiger partial charge in [-0.3, -0.25) is 33.6 Å². The van der Waals surface area contributed by atoms with Gasteiger partial charge >= 0.3 is 18.0 Å². The molecule has 3 rings (SSSR count). The molecule has 0 bridgehead atoms. The van der Waals surface area contributed by atoms with Crippen molar-refractivity contribution in [2.75, 3.05) is 40.8 Å². The van der Waals surface area contributed by atoms with Crippen molar-refractivity contribution in [2.24, 2.45) is 11.8 Å². The molecule has 0 spiro atoms. The highest BCUT2D eigenvalue weighted by molar-refractivity contribution is 5.97. The summed E-state index contributed by atoms with van der Waals surface area (Å²) in [5, 5.41) is 25.9. The van der Waals surface area contributed by atoms with Crippen molar-refractivity contribution in [3.8, 4) is 0 Å². The maximum absolute atomic E-state index is 14.2. The molecule has 1 saturated carbocycles. The van der Waals surface area contributed by atoms with E-state index < -0.39 is 109 Å². The number of carbonyl (C=O) groups excluding carboxylic acids is 7. The average molecular weight is 884 g/mol. The van der Waals surface area contributed by atoms with Crippen molar-refractivity contribution in [2.45, 2.75) is 121 Å². The van der Waals surface area contributed by atoms with Crippen LogP contribution in [0.25, 0.3) is 0 Å². The number of hydrogen-bond donors (Lipinski definition) is 5. The van der Waals surface area contributed by atoms with Crippen molar-refractivity contribution in [1.82, 2.24) is 35.6 Å². The quantitative estimate of drug-likeness (QED) is 0.0988. The van der Waals surface area contributed by atoms with Crippen molar-refractivity contribution >= 4 is 53.5 Å². The van der Waals surface area contributed by atoms with E-state index in [9.17, 15) is 48.3 Å². The number of likely N-dealkylation sites (tertiary alicyclic amines) is 1. The lowest BCUT2D eigenvalue weighted by molar-refractivity contribution is -0.160. The number of aliphatic carboxylic acids is 2. The molecule has 5 N–H and O–H groups in total. The first-order valence-electron chi connectivity index (χ1n) is 21.5. The lowest BCUT2D eigenvalue weighted by Gasteiger charge is -2.45. The number of amides is 7. The minimum atomic E-state index is -1.71. The summed E-state index contributed by atoms with van der Waals surface area (Å²) in [5.41, 5.74) is 0.749.